The van der Waals surface area contributed by atoms with Crippen molar-refractivity contribution in [2.24, 2.45) is 5.41 Å². The predicted molar refractivity (Wildman–Crippen MR) is 95.4 cm³/mol. The van der Waals surface area contributed by atoms with Crippen LogP contribution in [0, 0.1) is 5.41 Å². The number of fused-ring (bicyclic) bond motifs is 1. The smallest absolute Gasteiger partial charge is 0.254 e. The molecule has 4 rings (SSSR count). The van der Waals surface area contributed by atoms with E-state index < -0.39 is 0 Å². The first-order chi connectivity index (χ1) is 12.2. The Kier molecular flexibility index (Phi) is 4.44. The average Bonchev–Trinajstić information content (AvgIpc) is 2.67. The number of hydrogen-bond donors (Lipinski definition) is 1. The fourth-order valence-corrected chi connectivity index (χ4v) is 4.29. The second-order valence-corrected chi connectivity index (χ2v) is 7.32. The molecule has 1 unspecified atom stereocenters. The second-order valence-electron chi connectivity index (χ2n) is 7.32. The lowest BCUT2D eigenvalue weighted by molar-refractivity contribution is -0.0435. The molecule has 0 aliphatic carbocycles. The molecule has 0 radical (unpaired) electrons. The lowest BCUT2D eigenvalue weighted by atomic mass is 9.72. The third-order valence-electron chi connectivity index (χ3n) is 5.89. The molecule has 0 saturated carbocycles. The minimum atomic E-state index is -0.104. The first-order valence-electron chi connectivity index (χ1n) is 9.05. The number of aliphatic hydroxyl groups is 1. The summed E-state index contributed by atoms with van der Waals surface area (Å²) in [5.41, 5.74) is 0.816. The Bertz CT molecular complexity index is 765. The van der Waals surface area contributed by atoms with Gasteiger partial charge < -0.3 is 14.7 Å². The van der Waals surface area contributed by atoms with Crippen LogP contribution in [0.25, 0.3) is 10.8 Å². The van der Waals surface area contributed by atoms with E-state index in [1.54, 1.807) is 12.4 Å². The summed E-state index contributed by atoms with van der Waals surface area (Å²) in [6.07, 6.45) is 7.39. The predicted octanol–water partition coefficient (Wildman–Crippen LogP) is 2.63. The van der Waals surface area contributed by atoms with Gasteiger partial charge in [-0.15, -0.1) is 0 Å². The van der Waals surface area contributed by atoms with Gasteiger partial charge in [-0.3, -0.25) is 9.78 Å². The largest absolute Gasteiger partial charge is 0.394 e. The third kappa shape index (κ3) is 3.02. The Labute approximate surface area is 147 Å². The summed E-state index contributed by atoms with van der Waals surface area (Å²) in [4.78, 5) is 19.5. The molecule has 2 saturated heterocycles. The van der Waals surface area contributed by atoms with Gasteiger partial charge in [-0.25, -0.2) is 0 Å². The van der Waals surface area contributed by atoms with Crippen molar-refractivity contribution < 1.29 is 14.6 Å². The van der Waals surface area contributed by atoms with Gasteiger partial charge in [0, 0.05) is 43.1 Å². The fraction of sp³-hybridized carbons (Fsp3) is 0.500. The number of piperidine rings is 1. The number of pyridine rings is 1. The van der Waals surface area contributed by atoms with Gasteiger partial charge in [0.1, 0.15) is 0 Å². The number of aromatic nitrogens is 1. The zero-order valence-corrected chi connectivity index (χ0v) is 14.4. The van der Waals surface area contributed by atoms with Gasteiger partial charge in [0.2, 0.25) is 0 Å². The highest BCUT2D eigenvalue weighted by Crippen LogP contribution is 2.41. The number of likely N-dealkylation sites (tertiary alicyclic amines) is 1. The number of carbonyl (C=O) groups excluding carboxylic acids is 1. The maximum absolute atomic E-state index is 13.4. The topological polar surface area (TPSA) is 62.7 Å². The molecule has 1 amide bonds. The Morgan fingerprint density at radius 3 is 2.92 bits per heavy atom. The van der Waals surface area contributed by atoms with Gasteiger partial charge in [-0.2, -0.15) is 0 Å². The summed E-state index contributed by atoms with van der Waals surface area (Å²) in [5, 5.41) is 11.7. The van der Waals surface area contributed by atoms with Gasteiger partial charge >= 0.3 is 0 Å². The first kappa shape index (κ1) is 16.5. The molecule has 0 bridgehead atoms. The lowest BCUT2D eigenvalue weighted by Crippen LogP contribution is -2.54. The van der Waals surface area contributed by atoms with E-state index in [9.17, 15) is 9.90 Å². The van der Waals surface area contributed by atoms with Gasteiger partial charge in [0.15, 0.2) is 0 Å². The first-order valence-corrected chi connectivity index (χ1v) is 9.05. The summed E-state index contributed by atoms with van der Waals surface area (Å²) >= 11 is 0. The van der Waals surface area contributed by atoms with Crippen LogP contribution in [0.3, 0.4) is 0 Å². The van der Waals surface area contributed by atoms with Crippen LogP contribution in [0.1, 0.15) is 36.0 Å². The number of benzene rings is 1. The molecule has 1 N–H and O–H groups in total. The maximum Gasteiger partial charge on any atom is 0.254 e. The summed E-state index contributed by atoms with van der Waals surface area (Å²) in [7, 11) is 0. The van der Waals surface area contributed by atoms with Crippen LogP contribution in [0.4, 0.5) is 0 Å². The number of rotatable bonds is 2. The fourth-order valence-electron chi connectivity index (χ4n) is 4.29. The molecule has 1 aromatic heterocycles. The quantitative estimate of drug-likeness (QED) is 0.913. The minimum absolute atomic E-state index is 0.00298. The summed E-state index contributed by atoms with van der Waals surface area (Å²) in [6.45, 7) is 2.26. The summed E-state index contributed by atoms with van der Waals surface area (Å²) < 4.78 is 5.53. The highest BCUT2D eigenvalue weighted by molar-refractivity contribution is 6.06. The van der Waals surface area contributed by atoms with Crippen molar-refractivity contribution in [3.05, 3.63) is 42.2 Å². The number of aliphatic hydroxyl groups excluding tert-OH is 1. The van der Waals surface area contributed by atoms with E-state index in [2.05, 4.69) is 4.98 Å². The molecule has 1 spiro atoms. The van der Waals surface area contributed by atoms with E-state index in [4.69, 9.17) is 4.74 Å². The van der Waals surface area contributed by atoms with Crippen molar-refractivity contribution in [2.45, 2.75) is 31.7 Å². The Morgan fingerprint density at radius 1 is 1.28 bits per heavy atom. The van der Waals surface area contributed by atoms with Crippen molar-refractivity contribution in [2.75, 3.05) is 26.4 Å². The Morgan fingerprint density at radius 2 is 2.12 bits per heavy atom. The number of amides is 1. The van der Waals surface area contributed by atoms with Crippen molar-refractivity contribution in [3.8, 4) is 0 Å². The molecule has 1 atom stereocenters. The van der Waals surface area contributed by atoms with Crippen molar-refractivity contribution >= 4 is 16.7 Å². The van der Waals surface area contributed by atoms with E-state index in [1.807, 2.05) is 29.2 Å². The highest BCUT2D eigenvalue weighted by Gasteiger charge is 2.42. The van der Waals surface area contributed by atoms with E-state index >= 15 is 0 Å². The molecule has 25 heavy (non-hydrogen) atoms. The SMILES string of the molecule is O=C(c1cccc2ccncc12)N1CC2(CCOCC2)CCC1CO. The molecule has 2 aromatic rings. The van der Waals surface area contributed by atoms with Gasteiger partial charge in [0.25, 0.3) is 5.91 Å². The van der Waals surface area contributed by atoms with Crippen LogP contribution in [0.2, 0.25) is 0 Å². The molecule has 3 heterocycles. The molecule has 5 heteroatoms. The van der Waals surface area contributed by atoms with Gasteiger partial charge in [0.05, 0.1) is 12.6 Å². The summed E-state index contributed by atoms with van der Waals surface area (Å²) in [5.74, 6) is 0.00298. The molecule has 2 fully saturated rings. The Balaban J connectivity index is 1.68. The van der Waals surface area contributed by atoms with Crippen molar-refractivity contribution in [1.82, 2.24) is 9.88 Å². The second kappa shape index (κ2) is 6.73. The van der Waals surface area contributed by atoms with Crippen LogP contribution in [-0.4, -0.2) is 53.3 Å². The standard InChI is InChI=1S/C20H24N2O3/c23-13-16-4-6-20(7-10-25-11-8-20)14-22(16)19(24)17-3-1-2-15-5-9-21-12-18(15)17/h1-3,5,9,12,16,23H,4,6-8,10-11,13-14H2. The van der Waals surface area contributed by atoms with Crippen LogP contribution >= 0.6 is 0 Å². The molecule has 2 aliphatic heterocycles. The molecule has 1 aromatic carbocycles. The van der Waals surface area contributed by atoms with E-state index in [1.165, 1.54) is 0 Å². The van der Waals surface area contributed by atoms with E-state index in [0.29, 0.717) is 12.1 Å². The van der Waals surface area contributed by atoms with Crippen LogP contribution in [-0.2, 0) is 4.74 Å². The van der Waals surface area contributed by atoms with Gasteiger partial charge in [-0.05, 0) is 48.6 Å². The molecular weight excluding hydrogens is 316 g/mol. The van der Waals surface area contributed by atoms with Crippen LogP contribution in [0.5, 0.6) is 0 Å². The zero-order valence-electron chi connectivity index (χ0n) is 14.4. The maximum atomic E-state index is 13.4. The number of ether oxygens (including phenoxy) is 1. The highest BCUT2D eigenvalue weighted by atomic mass is 16.5. The lowest BCUT2D eigenvalue weighted by Gasteiger charge is -2.48. The number of carbonyl (C=O) groups is 1. The summed E-state index contributed by atoms with van der Waals surface area (Å²) in [6, 6.07) is 7.59. The molecule has 132 valence electrons. The molecule has 5 nitrogen and oxygen atoms in total. The number of hydrogen-bond acceptors (Lipinski definition) is 4. The van der Waals surface area contributed by atoms with Crippen LogP contribution < -0.4 is 0 Å². The van der Waals surface area contributed by atoms with E-state index in [0.717, 1.165) is 49.7 Å². The normalized spacial score (nSPS) is 23.1. The minimum Gasteiger partial charge on any atom is -0.394 e. The number of nitrogens with zero attached hydrogens (tertiary/aromatic N) is 2. The third-order valence-corrected chi connectivity index (χ3v) is 5.89. The Hall–Kier alpha value is -1.98. The zero-order chi connectivity index (χ0) is 17.3. The van der Waals surface area contributed by atoms with Gasteiger partial charge in [-0.1, -0.05) is 12.1 Å². The monoisotopic (exact) mass is 340 g/mol. The molecular formula is C20H24N2O3. The van der Waals surface area contributed by atoms with E-state index in [-0.39, 0.29) is 24.0 Å². The average molecular weight is 340 g/mol. The molecule has 2 aliphatic rings. The van der Waals surface area contributed by atoms with Crippen molar-refractivity contribution in [3.63, 3.8) is 0 Å². The van der Waals surface area contributed by atoms with Crippen LogP contribution in [0.15, 0.2) is 36.7 Å². The van der Waals surface area contributed by atoms with Crippen molar-refractivity contribution in [1.29, 1.82) is 0 Å².